The number of aromatic nitrogens is 1. The molecule has 0 saturated carbocycles. The van der Waals surface area contributed by atoms with Crippen LogP contribution in [0.5, 0.6) is 0 Å². The van der Waals surface area contributed by atoms with Crippen LogP contribution in [0.15, 0.2) is 69.1 Å². The Labute approximate surface area is 123 Å². The molecular weight excluding hydrogens is 320 g/mol. The van der Waals surface area contributed by atoms with Gasteiger partial charge in [0.2, 0.25) is 0 Å². The van der Waals surface area contributed by atoms with Gasteiger partial charge >= 0.3 is 0 Å². The molecule has 2 heterocycles. The number of hydrogen-bond donors (Lipinski definition) is 0. The molecule has 0 atom stereocenters. The molecule has 1 aromatic carbocycles. The molecule has 92 valence electrons. The smallest absolute Gasteiger partial charge is 0.101 e. The van der Waals surface area contributed by atoms with Crippen LogP contribution in [0.2, 0.25) is 0 Å². The van der Waals surface area contributed by atoms with Gasteiger partial charge in [-0.3, -0.25) is 0 Å². The lowest BCUT2D eigenvalue weighted by atomic mass is 10.3. The maximum absolute atomic E-state index is 9.17. The summed E-state index contributed by atoms with van der Waals surface area (Å²) in [4.78, 5) is 1.15. The van der Waals surface area contributed by atoms with E-state index in [2.05, 4.69) is 34.1 Å². The van der Waals surface area contributed by atoms with Crippen LogP contribution in [0.1, 0.15) is 5.56 Å². The van der Waals surface area contributed by atoms with Gasteiger partial charge in [-0.15, -0.1) is 0 Å². The van der Waals surface area contributed by atoms with E-state index in [0.717, 1.165) is 19.9 Å². The first-order valence-electron chi connectivity index (χ1n) is 5.71. The normalized spacial score (nSPS) is 10.5. The predicted octanol–water partition coefficient (Wildman–Crippen LogP) is 4.72. The predicted molar refractivity (Wildman–Crippen MR) is 80.4 cm³/mol. The number of pyridine rings is 1. The molecule has 0 bridgehead atoms. The fourth-order valence-corrected chi connectivity index (χ4v) is 3.13. The van der Waals surface area contributed by atoms with Crippen LogP contribution >= 0.6 is 27.7 Å². The molecule has 3 rings (SSSR count). The van der Waals surface area contributed by atoms with E-state index in [1.165, 1.54) is 0 Å². The third-order valence-electron chi connectivity index (χ3n) is 2.80. The summed E-state index contributed by atoms with van der Waals surface area (Å²) >= 11 is 5.08. The molecule has 2 aromatic heterocycles. The SMILES string of the molecule is N#Cc1cc(Sc2ccc(Br)cc2)n2ccccc12. The van der Waals surface area contributed by atoms with Gasteiger partial charge in [0.1, 0.15) is 6.07 Å². The van der Waals surface area contributed by atoms with Crippen molar-refractivity contribution < 1.29 is 0 Å². The molecular formula is C15H9BrN2S. The van der Waals surface area contributed by atoms with Crippen LogP contribution < -0.4 is 0 Å². The summed E-state index contributed by atoms with van der Waals surface area (Å²) in [5.41, 5.74) is 1.66. The lowest BCUT2D eigenvalue weighted by Crippen LogP contribution is -1.84. The Bertz CT molecular complexity index is 769. The number of benzene rings is 1. The zero-order valence-electron chi connectivity index (χ0n) is 9.88. The summed E-state index contributed by atoms with van der Waals surface area (Å²) in [5.74, 6) is 0. The first-order chi connectivity index (χ1) is 9.28. The molecule has 0 unspecified atom stereocenters. The summed E-state index contributed by atoms with van der Waals surface area (Å²) in [6, 6.07) is 18.2. The number of nitrogens with zero attached hydrogens (tertiary/aromatic N) is 2. The van der Waals surface area contributed by atoms with E-state index in [0.29, 0.717) is 5.56 Å². The van der Waals surface area contributed by atoms with Gasteiger partial charge in [-0.2, -0.15) is 5.26 Å². The Hall–Kier alpha value is -1.70. The highest BCUT2D eigenvalue weighted by Gasteiger charge is 2.09. The Kier molecular flexibility index (Phi) is 3.33. The van der Waals surface area contributed by atoms with Crippen molar-refractivity contribution >= 4 is 33.2 Å². The number of nitriles is 1. The monoisotopic (exact) mass is 328 g/mol. The minimum Gasteiger partial charge on any atom is -0.310 e. The summed E-state index contributed by atoms with van der Waals surface area (Å²) in [5, 5.41) is 10.2. The van der Waals surface area contributed by atoms with Crippen LogP contribution in [-0.4, -0.2) is 4.40 Å². The van der Waals surface area contributed by atoms with Crippen LogP contribution in [-0.2, 0) is 0 Å². The average Bonchev–Trinajstić information content (AvgIpc) is 2.80. The van der Waals surface area contributed by atoms with Crippen molar-refractivity contribution in [3.05, 3.63) is 64.8 Å². The molecule has 3 aromatic rings. The second kappa shape index (κ2) is 5.12. The molecule has 2 nitrogen and oxygen atoms in total. The van der Waals surface area contributed by atoms with Crippen molar-refractivity contribution in [1.82, 2.24) is 4.40 Å². The molecule has 0 aliphatic rings. The molecule has 0 amide bonds. The maximum Gasteiger partial charge on any atom is 0.101 e. The Morgan fingerprint density at radius 3 is 2.63 bits per heavy atom. The highest BCUT2D eigenvalue weighted by molar-refractivity contribution is 9.10. The summed E-state index contributed by atoms with van der Waals surface area (Å²) < 4.78 is 3.11. The average molecular weight is 329 g/mol. The second-order valence-electron chi connectivity index (χ2n) is 4.02. The van der Waals surface area contributed by atoms with E-state index in [1.54, 1.807) is 11.8 Å². The molecule has 0 saturated heterocycles. The molecule has 19 heavy (non-hydrogen) atoms. The molecule has 0 fully saturated rings. The van der Waals surface area contributed by atoms with Gasteiger partial charge < -0.3 is 4.40 Å². The lowest BCUT2D eigenvalue weighted by Gasteiger charge is -2.02. The van der Waals surface area contributed by atoms with Gasteiger partial charge in [0, 0.05) is 15.6 Å². The van der Waals surface area contributed by atoms with E-state index in [4.69, 9.17) is 0 Å². The van der Waals surface area contributed by atoms with Gasteiger partial charge in [-0.1, -0.05) is 33.8 Å². The zero-order valence-corrected chi connectivity index (χ0v) is 12.3. The highest BCUT2D eigenvalue weighted by Crippen LogP contribution is 2.31. The number of halogens is 1. The third kappa shape index (κ3) is 2.40. The molecule has 0 aliphatic heterocycles. The molecule has 0 aliphatic carbocycles. The Morgan fingerprint density at radius 1 is 1.11 bits per heavy atom. The molecule has 0 spiro atoms. The van der Waals surface area contributed by atoms with Crippen LogP contribution in [0.3, 0.4) is 0 Å². The third-order valence-corrected chi connectivity index (χ3v) is 4.36. The molecule has 0 N–H and O–H groups in total. The fourth-order valence-electron chi connectivity index (χ4n) is 1.91. The van der Waals surface area contributed by atoms with E-state index in [-0.39, 0.29) is 0 Å². The van der Waals surface area contributed by atoms with E-state index in [1.807, 2.05) is 47.0 Å². The van der Waals surface area contributed by atoms with Gasteiger partial charge in [0.15, 0.2) is 0 Å². The van der Waals surface area contributed by atoms with Gasteiger partial charge in [0.25, 0.3) is 0 Å². The van der Waals surface area contributed by atoms with E-state index in [9.17, 15) is 5.26 Å². The van der Waals surface area contributed by atoms with Crippen molar-refractivity contribution in [1.29, 1.82) is 5.26 Å². The van der Waals surface area contributed by atoms with Gasteiger partial charge in [-0.25, -0.2) is 0 Å². The Morgan fingerprint density at radius 2 is 1.89 bits per heavy atom. The first-order valence-corrected chi connectivity index (χ1v) is 7.32. The number of hydrogen-bond acceptors (Lipinski definition) is 2. The topological polar surface area (TPSA) is 28.2 Å². The van der Waals surface area contributed by atoms with Crippen molar-refractivity contribution in [2.75, 3.05) is 0 Å². The van der Waals surface area contributed by atoms with Crippen molar-refractivity contribution in [2.45, 2.75) is 9.92 Å². The lowest BCUT2D eigenvalue weighted by molar-refractivity contribution is 1.05. The summed E-state index contributed by atoms with van der Waals surface area (Å²) in [6.07, 6.45) is 1.98. The summed E-state index contributed by atoms with van der Waals surface area (Å²) in [6.45, 7) is 0. The van der Waals surface area contributed by atoms with Crippen LogP contribution in [0.25, 0.3) is 5.52 Å². The highest BCUT2D eigenvalue weighted by atomic mass is 79.9. The Balaban J connectivity index is 2.06. The fraction of sp³-hybridized carbons (Fsp3) is 0. The van der Waals surface area contributed by atoms with Gasteiger partial charge in [0.05, 0.1) is 16.1 Å². The van der Waals surface area contributed by atoms with E-state index >= 15 is 0 Å². The quantitative estimate of drug-likeness (QED) is 0.680. The summed E-state index contributed by atoms with van der Waals surface area (Å²) in [7, 11) is 0. The standard InChI is InChI=1S/C15H9BrN2S/c16-12-4-6-13(7-5-12)19-15-9-11(10-17)14-3-1-2-8-18(14)15/h1-9H. The van der Waals surface area contributed by atoms with E-state index < -0.39 is 0 Å². The van der Waals surface area contributed by atoms with Crippen molar-refractivity contribution in [3.8, 4) is 6.07 Å². The molecule has 0 radical (unpaired) electrons. The maximum atomic E-state index is 9.17. The van der Waals surface area contributed by atoms with Crippen molar-refractivity contribution in [2.24, 2.45) is 0 Å². The van der Waals surface area contributed by atoms with Crippen molar-refractivity contribution in [3.63, 3.8) is 0 Å². The zero-order chi connectivity index (χ0) is 13.2. The minimum absolute atomic E-state index is 0.709. The second-order valence-corrected chi connectivity index (χ2v) is 6.03. The largest absolute Gasteiger partial charge is 0.310 e. The minimum atomic E-state index is 0.709. The number of rotatable bonds is 2. The van der Waals surface area contributed by atoms with Crippen LogP contribution in [0, 0.1) is 11.3 Å². The van der Waals surface area contributed by atoms with Gasteiger partial charge in [-0.05, 0) is 42.5 Å². The van der Waals surface area contributed by atoms with Crippen LogP contribution in [0.4, 0.5) is 0 Å². The number of fused-ring (bicyclic) bond motifs is 1. The first kappa shape index (κ1) is 12.3. The molecule has 4 heteroatoms.